The van der Waals surface area contributed by atoms with Gasteiger partial charge in [-0.1, -0.05) is 91.2 Å². The molecule has 142 valence electrons. The van der Waals surface area contributed by atoms with E-state index in [9.17, 15) is 4.79 Å². The number of nitrogens with one attached hydrogen (secondary N) is 1. The Hall–Kier alpha value is -0.790. The SMILES string of the molecule is CCCCCC/C=C\CNC(=O)CCCCCCCCC(C)(C)C. The fourth-order valence-corrected chi connectivity index (χ4v) is 2.80. The van der Waals surface area contributed by atoms with Crippen molar-refractivity contribution in [1.82, 2.24) is 5.32 Å². The predicted octanol–water partition coefficient (Wildman–Crippen LogP) is 6.80. The minimum Gasteiger partial charge on any atom is -0.353 e. The monoisotopic (exact) mass is 337 g/mol. The maximum absolute atomic E-state index is 11.7. The second-order valence-electron chi connectivity index (χ2n) is 8.31. The predicted molar refractivity (Wildman–Crippen MR) is 107 cm³/mol. The second-order valence-corrected chi connectivity index (χ2v) is 8.31. The molecule has 2 heteroatoms. The molecule has 0 bridgehead atoms. The molecule has 0 aromatic rings. The molecule has 0 aliphatic carbocycles. The van der Waals surface area contributed by atoms with E-state index in [2.05, 4.69) is 45.2 Å². The van der Waals surface area contributed by atoms with Gasteiger partial charge in [0, 0.05) is 13.0 Å². The van der Waals surface area contributed by atoms with Crippen LogP contribution >= 0.6 is 0 Å². The van der Waals surface area contributed by atoms with Gasteiger partial charge in [-0.05, 0) is 31.1 Å². The molecule has 0 spiro atoms. The van der Waals surface area contributed by atoms with Gasteiger partial charge >= 0.3 is 0 Å². The van der Waals surface area contributed by atoms with Crippen LogP contribution in [-0.4, -0.2) is 12.5 Å². The first-order valence-electron chi connectivity index (χ1n) is 10.4. The molecule has 0 saturated carbocycles. The van der Waals surface area contributed by atoms with Gasteiger partial charge < -0.3 is 5.32 Å². The van der Waals surface area contributed by atoms with Crippen molar-refractivity contribution in [1.29, 1.82) is 0 Å². The van der Waals surface area contributed by atoms with Crippen molar-refractivity contribution in [2.75, 3.05) is 6.54 Å². The minimum absolute atomic E-state index is 0.207. The highest BCUT2D eigenvalue weighted by Gasteiger charge is 2.08. The Balaban J connectivity index is 3.31. The van der Waals surface area contributed by atoms with Crippen molar-refractivity contribution in [3.05, 3.63) is 12.2 Å². The quantitative estimate of drug-likeness (QED) is 0.258. The third-order valence-corrected chi connectivity index (χ3v) is 4.39. The number of hydrogen-bond donors (Lipinski definition) is 1. The van der Waals surface area contributed by atoms with E-state index in [-0.39, 0.29) is 5.91 Å². The molecule has 1 N–H and O–H groups in total. The van der Waals surface area contributed by atoms with Gasteiger partial charge in [0.1, 0.15) is 0 Å². The molecular weight excluding hydrogens is 294 g/mol. The van der Waals surface area contributed by atoms with Crippen molar-refractivity contribution in [2.24, 2.45) is 5.41 Å². The first-order valence-corrected chi connectivity index (χ1v) is 10.4. The van der Waals surface area contributed by atoms with Crippen LogP contribution in [0, 0.1) is 5.41 Å². The molecule has 2 nitrogen and oxygen atoms in total. The maximum atomic E-state index is 11.7. The van der Waals surface area contributed by atoms with Crippen LogP contribution in [0.25, 0.3) is 0 Å². The number of carbonyl (C=O) groups excluding carboxylic acids is 1. The molecule has 0 radical (unpaired) electrons. The van der Waals surface area contributed by atoms with E-state index in [0.29, 0.717) is 18.4 Å². The lowest BCUT2D eigenvalue weighted by molar-refractivity contribution is -0.121. The van der Waals surface area contributed by atoms with E-state index >= 15 is 0 Å². The molecule has 0 unspecified atom stereocenters. The zero-order chi connectivity index (χ0) is 18.1. The van der Waals surface area contributed by atoms with E-state index < -0.39 is 0 Å². The lowest BCUT2D eigenvalue weighted by Gasteiger charge is -2.17. The Labute approximate surface area is 151 Å². The second kappa shape index (κ2) is 15.7. The largest absolute Gasteiger partial charge is 0.353 e. The Bertz CT molecular complexity index is 314. The smallest absolute Gasteiger partial charge is 0.220 e. The third kappa shape index (κ3) is 19.3. The van der Waals surface area contributed by atoms with E-state index in [1.165, 1.54) is 64.2 Å². The fraction of sp³-hybridized carbons (Fsp3) is 0.864. The normalized spacial score (nSPS) is 12.0. The maximum Gasteiger partial charge on any atom is 0.220 e. The van der Waals surface area contributed by atoms with Gasteiger partial charge in [0.15, 0.2) is 0 Å². The summed E-state index contributed by atoms with van der Waals surface area (Å²) in [5, 5.41) is 2.99. The van der Waals surface area contributed by atoms with Crippen molar-refractivity contribution >= 4 is 5.91 Å². The highest BCUT2D eigenvalue weighted by atomic mass is 16.1. The zero-order valence-corrected chi connectivity index (χ0v) is 17.0. The molecule has 0 aliphatic heterocycles. The summed E-state index contributed by atoms with van der Waals surface area (Å²) in [5.41, 5.74) is 0.474. The highest BCUT2D eigenvalue weighted by Crippen LogP contribution is 2.22. The first-order chi connectivity index (χ1) is 11.5. The summed E-state index contributed by atoms with van der Waals surface area (Å²) in [5.74, 6) is 0.207. The van der Waals surface area contributed by atoms with Crippen LogP contribution in [0.4, 0.5) is 0 Å². The summed E-state index contributed by atoms with van der Waals surface area (Å²) < 4.78 is 0. The minimum atomic E-state index is 0.207. The number of carbonyl (C=O) groups is 1. The molecule has 0 aliphatic rings. The topological polar surface area (TPSA) is 29.1 Å². The van der Waals surface area contributed by atoms with Gasteiger partial charge in [-0.3, -0.25) is 4.79 Å². The van der Waals surface area contributed by atoms with Gasteiger partial charge in [0.25, 0.3) is 0 Å². The van der Waals surface area contributed by atoms with E-state index in [1.54, 1.807) is 0 Å². The van der Waals surface area contributed by atoms with Gasteiger partial charge in [0.05, 0.1) is 0 Å². The Morgan fingerprint density at radius 1 is 0.833 bits per heavy atom. The summed E-state index contributed by atoms with van der Waals surface area (Å²) in [6, 6.07) is 0. The van der Waals surface area contributed by atoms with Crippen molar-refractivity contribution in [2.45, 2.75) is 111 Å². The van der Waals surface area contributed by atoms with Crippen LogP contribution in [0.2, 0.25) is 0 Å². The van der Waals surface area contributed by atoms with Crippen LogP contribution in [0.15, 0.2) is 12.2 Å². The Morgan fingerprint density at radius 3 is 2.12 bits per heavy atom. The third-order valence-electron chi connectivity index (χ3n) is 4.39. The van der Waals surface area contributed by atoms with Gasteiger partial charge in [-0.2, -0.15) is 0 Å². The van der Waals surface area contributed by atoms with Crippen LogP contribution in [0.5, 0.6) is 0 Å². The van der Waals surface area contributed by atoms with Gasteiger partial charge in [-0.25, -0.2) is 0 Å². The number of hydrogen-bond acceptors (Lipinski definition) is 1. The molecule has 0 heterocycles. The average Bonchev–Trinajstić information content (AvgIpc) is 2.51. The van der Waals surface area contributed by atoms with Crippen molar-refractivity contribution < 1.29 is 4.79 Å². The lowest BCUT2D eigenvalue weighted by Crippen LogP contribution is -2.22. The molecule has 0 aromatic carbocycles. The first kappa shape index (κ1) is 23.2. The Kier molecular flexibility index (Phi) is 15.2. The number of unbranched alkanes of at least 4 members (excludes halogenated alkanes) is 9. The molecule has 0 rings (SSSR count). The fourth-order valence-electron chi connectivity index (χ4n) is 2.80. The van der Waals surface area contributed by atoms with E-state index in [0.717, 1.165) is 12.8 Å². The number of rotatable bonds is 15. The van der Waals surface area contributed by atoms with E-state index in [1.807, 2.05) is 0 Å². The average molecular weight is 338 g/mol. The van der Waals surface area contributed by atoms with Gasteiger partial charge in [-0.15, -0.1) is 0 Å². The Morgan fingerprint density at radius 2 is 1.46 bits per heavy atom. The molecular formula is C22H43NO. The van der Waals surface area contributed by atoms with Crippen LogP contribution < -0.4 is 5.32 Å². The molecule has 0 fully saturated rings. The lowest BCUT2D eigenvalue weighted by atomic mass is 9.89. The number of amides is 1. The van der Waals surface area contributed by atoms with Gasteiger partial charge in [0.2, 0.25) is 5.91 Å². The molecule has 0 saturated heterocycles. The summed E-state index contributed by atoms with van der Waals surface area (Å²) in [4.78, 5) is 11.7. The summed E-state index contributed by atoms with van der Waals surface area (Å²) in [6.45, 7) is 9.87. The summed E-state index contributed by atoms with van der Waals surface area (Å²) in [7, 11) is 0. The molecule has 24 heavy (non-hydrogen) atoms. The summed E-state index contributed by atoms with van der Waals surface area (Å²) >= 11 is 0. The van der Waals surface area contributed by atoms with E-state index in [4.69, 9.17) is 0 Å². The number of allylic oxidation sites excluding steroid dienone is 1. The molecule has 0 atom stereocenters. The molecule has 0 aromatic heterocycles. The highest BCUT2D eigenvalue weighted by molar-refractivity contribution is 5.75. The van der Waals surface area contributed by atoms with Crippen molar-refractivity contribution in [3.63, 3.8) is 0 Å². The van der Waals surface area contributed by atoms with Crippen LogP contribution in [0.1, 0.15) is 111 Å². The van der Waals surface area contributed by atoms with Crippen LogP contribution in [0.3, 0.4) is 0 Å². The standard InChI is InChI=1S/C22H43NO/c1-5-6-7-8-11-14-17-20-23-21(24)18-15-12-9-10-13-16-19-22(2,3)4/h14,17H,5-13,15-16,18-20H2,1-4H3,(H,23,24)/b17-14-. The summed E-state index contributed by atoms with van der Waals surface area (Å²) in [6.07, 6.45) is 20.2. The van der Waals surface area contributed by atoms with Crippen molar-refractivity contribution in [3.8, 4) is 0 Å². The zero-order valence-electron chi connectivity index (χ0n) is 17.0. The molecule has 1 amide bonds. The van der Waals surface area contributed by atoms with Crippen LogP contribution in [-0.2, 0) is 4.79 Å².